The highest BCUT2D eigenvalue weighted by molar-refractivity contribution is 8.13. The number of hydrogen-bond acceptors (Lipinski definition) is 6. The Morgan fingerprint density at radius 1 is 1.10 bits per heavy atom. The lowest BCUT2D eigenvalue weighted by Crippen LogP contribution is -2.48. The van der Waals surface area contributed by atoms with Crippen molar-refractivity contribution in [3.05, 3.63) is 59.7 Å². The topological polar surface area (TPSA) is 71.2 Å². The van der Waals surface area contributed by atoms with E-state index in [0.717, 1.165) is 47.8 Å². The highest BCUT2D eigenvalue weighted by atomic mass is 32.2. The molecule has 0 aromatic heterocycles. The SMILES string of the molecule is COc1ccccc1N1CCN(C(=O)c2ccc(C3(C)CCSC(N)=N3)cc2)CC1. The zero-order valence-electron chi connectivity index (χ0n) is 17.5. The van der Waals surface area contributed by atoms with Gasteiger partial charge in [0, 0.05) is 37.5 Å². The highest BCUT2D eigenvalue weighted by Gasteiger charge is 2.30. The smallest absolute Gasteiger partial charge is 0.253 e. The molecule has 4 rings (SSSR count). The largest absolute Gasteiger partial charge is 0.495 e. The first-order valence-electron chi connectivity index (χ1n) is 10.3. The summed E-state index contributed by atoms with van der Waals surface area (Å²) in [6, 6.07) is 15.9. The molecule has 7 heteroatoms. The summed E-state index contributed by atoms with van der Waals surface area (Å²) >= 11 is 1.60. The van der Waals surface area contributed by atoms with Gasteiger partial charge in [-0.05, 0) is 43.2 Å². The van der Waals surface area contributed by atoms with Crippen LogP contribution in [0.15, 0.2) is 53.5 Å². The lowest BCUT2D eigenvalue weighted by molar-refractivity contribution is 0.0746. The summed E-state index contributed by atoms with van der Waals surface area (Å²) in [6.45, 7) is 5.05. The molecule has 2 heterocycles. The van der Waals surface area contributed by atoms with Gasteiger partial charge in [-0.2, -0.15) is 0 Å². The second kappa shape index (κ2) is 8.60. The molecule has 1 fully saturated rings. The summed E-state index contributed by atoms with van der Waals surface area (Å²) in [5.41, 5.74) is 8.52. The van der Waals surface area contributed by atoms with Crippen LogP contribution in [0.1, 0.15) is 29.3 Å². The Labute approximate surface area is 182 Å². The van der Waals surface area contributed by atoms with Gasteiger partial charge in [0.15, 0.2) is 5.17 Å². The number of thioether (sulfide) groups is 1. The van der Waals surface area contributed by atoms with Gasteiger partial charge in [-0.3, -0.25) is 9.79 Å². The average molecular weight is 425 g/mol. The molecule has 0 aliphatic carbocycles. The molecule has 1 saturated heterocycles. The first-order valence-corrected chi connectivity index (χ1v) is 11.2. The number of nitrogens with two attached hydrogens (primary N) is 1. The molecule has 0 bridgehead atoms. The van der Waals surface area contributed by atoms with E-state index in [1.54, 1.807) is 18.9 Å². The van der Waals surface area contributed by atoms with Crippen molar-refractivity contribution in [3.63, 3.8) is 0 Å². The molecule has 158 valence electrons. The number of benzene rings is 2. The molecule has 30 heavy (non-hydrogen) atoms. The molecule has 2 aliphatic rings. The van der Waals surface area contributed by atoms with Gasteiger partial charge in [-0.25, -0.2) is 0 Å². The Hall–Kier alpha value is -2.67. The van der Waals surface area contributed by atoms with E-state index in [-0.39, 0.29) is 11.4 Å². The predicted octanol–water partition coefficient (Wildman–Crippen LogP) is 3.32. The monoisotopic (exact) mass is 424 g/mol. The van der Waals surface area contributed by atoms with Crippen molar-refractivity contribution in [2.45, 2.75) is 18.9 Å². The third-order valence-electron chi connectivity index (χ3n) is 5.94. The van der Waals surface area contributed by atoms with Crippen LogP contribution in [-0.2, 0) is 5.54 Å². The van der Waals surface area contributed by atoms with Gasteiger partial charge in [0.2, 0.25) is 0 Å². The van der Waals surface area contributed by atoms with Gasteiger partial charge in [0.05, 0.1) is 18.3 Å². The Bertz CT molecular complexity index is 938. The summed E-state index contributed by atoms with van der Waals surface area (Å²) in [4.78, 5) is 21.9. The zero-order chi connectivity index (χ0) is 21.1. The molecule has 2 N–H and O–H groups in total. The minimum atomic E-state index is -0.308. The van der Waals surface area contributed by atoms with Crippen LogP contribution in [0.2, 0.25) is 0 Å². The Morgan fingerprint density at radius 2 is 1.80 bits per heavy atom. The number of ether oxygens (including phenoxy) is 1. The Kier molecular flexibility index (Phi) is 5.90. The zero-order valence-corrected chi connectivity index (χ0v) is 18.3. The van der Waals surface area contributed by atoms with Gasteiger partial charge in [0.25, 0.3) is 5.91 Å². The fraction of sp³-hybridized carbons (Fsp3) is 0.391. The van der Waals surface area contributed by atoms with Crippen molar-refractivity contribution in [1.82, 2.24) is 4.90 Å². The van der Waals surface area contributed by atoms with Crippen LogP contribution in [0.4, 0.5) is 5.69 Å². The summed E-state index contributed by atoms with van der Waals surface area (Å²) in [7, 11) is 1.69. The average Bonchev–Trinajstić information content (AvgIpc) is 2.78. The van der Waals surface area contributed by atoms with Crippen molar-refractivity contribution in [3.8, 4) is 5.75 Å². The summed E-state index contributed by atoms with van der Waals surface area (Å²) in [5.74, 6) is 1.91. The maximum atomic E-state index is 13.0. The van der Waals surface area contributed by atoms with E-state index in [1.807, 2.05) is 47.4 Å². The Morgan fingerprint density at radius 3 is 2.47 bits per heavy atom. The van der Waals surface area contributed by atoms with E-state index < -0.39 is 0 Å². The number of nitrogens with zero attached hydrogens (tertiary/aromatic N) is 3. The number of methoxy groups -OCH3 is 1. The van der Waals surface area contributed by atoms with Crippen LogP contribution in [0.3, 0.4) is 0 Å². The number of piperazine rings is 1. The molecule has 2 aromatic carbocycles. The first kappa shape index (κ1) is 20.6. The first-order chi connectivity index (χ1) is 14.5. The van der Waals surface area contributed by atoms with Crippen molar-refractivity contribution < 1.29 is 9.53 Å². The molecule has 1 atom stereocenters. The maximum absolute atomic E-state index is 13.0. The number of amidine groups is 1. The predicted molar refractivity (Wildman–Crippen MR) is 124 cm³/mol. The second-order valence-corrected chi connectivity index (χ2v) is 8.97. The Balaban J connectivity index is 1.42. The lowest BCUT2D eigenvalue weighted by Gasteiger charge is -2.36. The van der Waals surface area contributed by atoms with Crippen LogP contribution in [0.25, 0.3) is 0 Å². The molecule has 0 spiro atoms. The number of carbonyl (C=O) groups is 1. The lowest BCUT2D eigenvalue weighted by atomic mass is 9.89. The third kappa shape index (κ3) is 4.12. The number of para-hydroxylation sites is 2. The fourth-order valence-electron chi connectivity index (χ4n) is 4.09. The van der Waals surface area contributed by atoms with Crippen molar-refractivity contribution >= 4 is 28.5 Å². The number of anilines is 1. The normalized spacial score (nSPS) is 21.9. The van der Waals surface area contributed by atoms with Crippen LogP contribution < -0.4 is 15.4 Å². The van der Waals surface area contributed by atoms with Crippen LogP contribution >= 0.6 is 11.8 Å². The molecular formula is C23H28N4O2S. The minimum Gasteiger partial charge on any atom is -0.495 e. The summed E-state index contributed by atoms with van der Waals surface area (Å²) in [6.07, 6.45) is 0.941. The second-order valence-electron chi connectivity index (χ2n) is 7.85. The fourth-order valence-corrected chi connectivity index (χ4v) is 5.07. The molecule has 2 aromatic rings. The number of rotatable bonds is 4. The van der Waals surface area contributed by atoms with Crippen molar-refractivity contribution in [2.75, 3.05) is 43.9 Å². The molecule has 6 nitrogen and oxygen atoms in total. The summed E-state index contributed by atoms with van der Waals surface area (Å²) in [5, 5.41) is 0.636. The van der Waals surface area contributed by atoms with Gasteiger partial charge in [-0.1, -0.05) is 36.0 Å². The van der Waals surface area contributed by atoms with Crippen LogP contribution in [0, 0.1) is 0 Å². The highest BCUT2D eigenvalue weighted by Crippen LogP contribution is 2.35. The minimum absolute atomic E-state index is 0.0774. The van der Waals surface area contributed by atoms with E-state index >= 15 is 0 Å². The number of amides is 1. The molecule has 0 radical (unpaired) electrons. The molecule has 0 saturated carbocycles. The molecule has 2 aliphatic heterocycles. The van der Waals surface area contributed by atoms with Gasteiger partial charge in [-0.15, -0.1) is 0 Å². The van der Waals surface area contributed by atoms with E-state index in [2.05, 4.69) is 22.9 Å². The maximum Gasteiger partial charge on any atom is 0.253 e. The van der Waals surface area contributed by atoms with Crippen molar-refractivity contribution in [1.29, 1.82) is 0 Å². The summed E-state index contributed by atoms with van der Waals surface area (Å²) < 4.78 is 5.48. The number of carbonyl (C=O) groups excluding carboxylic acids is 1. The standard InChI is InChI=1S/C23H28N4O2S/c1-23(11-16-30-22(24)25-23)18-9-7-17(8-10-18)21(28)27-14-12-26(13-15-27)19-5-3-4-6-20(19)29-2/h3-10H,11-16H2,1-2H3,(H2,24,25). The third-order valence-corrected chi connectivity index (χ3v) is 6.74. The number of hydrogen-bond donors (Lipinski definition) is 1. The van der Waals surface area contributed by atoms with E-state index in [9.17, 15) is 4.79 Å². The van der Waals surface area contributed by atoms with E-state index in [1.165, 1.54) is 0 Å². The van der Waals surface area contributed by atoms with Gasteiger partial charge < -0.3 is 20.3 Å². The number of aliphatic imine (C=N–C) groups is 1. The van der Waals surface area contributed by atoms with Gasteiger partial charge >= 0.3 is 0 Å². The molecule has 1 unspecified atom stereocenters. The van der Waals surface area contributed by atoms with Gasteiger partial charge in [0.1, 0.15) is 5.75 Å². The molecular weight excluding hydrogens is 396 g/mol. The van der Waals surface area contributed by atoms with Crippen molar-refractivity contribution in [2.24, 2.45) is 10.7 Å². The van der Waals surface area contributed by atoms with E-state index in [4.69, 9.17) is 10.5 Å². The van der Waals surface area contributed by atoms with Crippen LogP contribution in [-0.4, -0.2) is 55.0 Å². The molecule has 1 amide bonds. The quantitative estimate of drug-likeness (QED) is 0.815. The van der Waals surface area contributed by atoms with E-state index in [0.29, 0.717) is 18.3 Å². The van der Waals surface area contributed by atoms with Crippen LogP contribution in [0.5, 0.6) is 5.75 Å².